The minimum Gasteiger partial charge on any atom is -0.320 e. The SMILES string of the molecule is O=C(CNOC1CCCC1)Nc1c(F)cccc1F. The van der Waals surface area contributed by atoms with Crippen molar-refractivity contribution in [3.63, 3.8) is 0 Å². The second-order valence-electron chi connectivity index (χ2n) is 4.49. The van der Waals surface area contributed by atoms with E-state index >= 15 is 0 Å². The summed E-state index contributed by atoms with van der Waals surface area (Å²) in [5, 5.41) is 2.17. The maximum absolute atomic E-state index is 13.3. The number of nitrogens with one attached hydrogen (secondary N) is 2. The van der Waals surface area contributed by atoms with Crippen LogP contribution in [0.5, 0.6) is 0 Å². The van der Waals surface area contributed by atoms with Crippen molar-refractivity contribution in [1.29, 1.82) is 0 Å². The molecule has 1 aromatic rings. The monoisotopic (exact) mass is 270 g/mol. The van der Waals surface area contributed by atoms with E-state index in [1.165, 1.54) is 6.07 Å². The van der Waals surface area contributed by atoms with Gasteiger partial charge in [-0.15, -0.1) is 0 Å². The summed E-state index contributed by atoms with van der Waals surface area (Å²) in [5.74, 6) is -2.16. The van der Waals surface area contributed by atoms with Crippen LogP contribution in [0.15, 0.2) is 18.2 Å². The normalized spacial score (nSPS) is 15.7. The molecule has 2 rings (SSSR count). The Labute approximate surface area is 110 Å². The third-order valence-electron chi connectivity index (χ3n) is 3.01. The molecule has 0 heterocycles. The quantitative estimate of drug-likeness (QED) is 0.808. The van der Waals surface area contributed by atoms with Crippen LogP contribution in [0.2, 0.25) is 0 Å². The van der Waals surface area contributed by atoms with Crippen molar-refractivity contribution in [3.05, 3.63) is 29.8 Å². The molecule has 2 N–H and O–H groups in total. The number of carbonyl (C=O) groups is 1. The lowest BCUT2D eigenvalue weighted by atomic mass is 10.3. The second kappa shape index (κ2) is 6.58. The van der Waals surface area contributed by atoms with Crippen molar-refractivity contribution < 1.29 is 18.4 Å². The Morgan fingerprint density at radius 3 is 2.53 bits per heavy atom. The van der Waals surface area contributed by atoms with E-state index in [-0.39, 0.29) is 12.6 Å². The number of amides is 1. The van der Waals surface area contributed by atoms with Gasteiger partial charge in [-0.05, 0) is 25.0 Å². The lowest BCUT2D eigenvalue weighted by Crippen LogP contribution is -2.31. The summed E-state index contributed by atoms with van der Waals surface area (Å²) in [6.45, 7) is -0.149. The molecule has 0 saturated heterocycles. The first kappa shape index (κ1) is 13.9. The molecule has 6 heteroatoms. The molecular formula is C13H16F2N2O2. The Morgan fingerprint density at radius 1 is 1.26 bits per heavy atom. The van der Waals surface area contributed by atoms with Crippen molar-refractivity contribution in [2.24, 2.45) is 0 Å². The molecule has 1 amide bonds. The number of anilines is 1. The average Bonchev–Trinajstić information content (AvgIpc) is 2.87. The number of halogens is 2. The Kier molecular flexibility index (Phi) is 4.81. The number of carbonyl (C=O) groups excluding carboxylic acids is 1. The van der Waals surface area contributed by atoms with Crippen LogP contribution >= 0.6 is 0 Å². The standard InChI is InChI=1S/C13H16F2N2O2/c14-10-6-3-7-11(15)13(10)17-12(18)8-16-19-9-4-1-2-5-9/h3,6-7,9,16H,1-2,4-5,8H2,(H,17,18). The van der Waals surface area contributed by atoms with E-state index in [2.05, 4.69) is 10.8 Å². The first-order valence-electron chi connectivity index (χ1n) is 6.29. The zero-order valence-corrected chi connectivity index (χ0v) is 10.4. The predicted octanol–water partition coefficient (Wildman–Crippen LogP) is 2.37. The van der Waals surface area contributed by atoms with Crippen LogP contribution in [0.1, 0.15) is 25.7 Å². The number of rotatable bonds is 5. The lowest BCUT2D eigenvalue weighted by Gasteiger charge is -2.12. The van der Waals surface area contributed by atoms with E-state index in [0.29, 0.717) is 0 Å². The highest BCUT2D eigenvalue weighted by Gasteiger charge is 2.16. The molecule has 0 bridgehead atoms. The number of hydrogen-bond donors (Lipinski definition) is 2. The Bertz CT molecular complexity index is 428. The van der Waals surface area contributed by atoms with E-state index in [0.717, 1.165) is 37.8 Å². The molecule has 0 aliphatic heterocycles. The van der Waals surface area contributed by atoms with Gasteiger partial charge in [0.25, 0.3) is 0 Å². The fourth-order valence-electron chi connectivity index (χ4n) is 2.03. The number of para-hydroxylation sites is 1. The van der Waals surface area contributed by atoms with Crippen molar-refractivity contribution in [2.45, 2.75) is 31.8 Å². The molecule has 1 fully saturated rings. The molecule has 0 radical (unpaired) electrons. The first-order chi connectivity index (χ1) is 9.16. The van der Waals surface area contributed by atoms with Crippen LogP contribution in [-0.4, -0.2) is 18.6 Å². The highest BCUT2D eigenvalue weighted by Crippen LogP contribution is 2.20. The molecule has 1 aliphatic rings. The fraction of sp³-hybridized carbons (Fsp3) is 0.462. The fourth-order valence-corrected chi connectivity index (χ4v) is 2.03. The topological polar surface area (TPSA) is 50.4 Å². The second-order valence-corrected chi connectivity index (χ2v) is 4.49. The van der Waals surface area contributed by atoms with Crippen molar-refractivity contribution in [1.82, 2.24) is 5.48 Å². The third-order valence-corrected chi connectivity index (χ3v) is 3.01. The summed E-state index contributed by atoms with van der Waals surface area (Å²) >= 11 is 0. The Hall–Kier alpha value is -1.53. The molecule has 0 aromatic heterocycles. The summed E-state index contributed by atoms with van der Waals surface area (Å²) in [6, 6.07) is 3.41. The van der Waals surface area contributed by atoms with Crippen molar-refractivity contribution in [3.8, 4) is 0 Å². The number of benzene rings is 1. The van der Waals surface area contributed by atoms with Crippen LogP contribution < -0.4 is 10.8 Å². The summed E-state index contributed by atoms with van der Waals surface area (Å²) in [7, 11) is 0. The molecule has 19 heavy (non-hydrogen) atoms. The average molecular weight is 270 g/mol. The van der Waals surface area contributed by atoms with Crippen LogP contribution in [-0.2, 0) is 9.63 Å². The number of hydrogen-bond acceptors (Lipinski definition) is 3. The molecule has 1 aromatic carbocycles. The van der Waals surface area contributed by atoms with Crippen LogP contribution in [0.4, 0.5) is 14.5 Å². The van der Waals surface area contributed by atoms with Gasteiger partial charge in [-0.3, -0.25) is 9.63 Å². The predicted molar refractivity (Wildman–Crippen MR) is 66.3 cm³/mol. The molecule has 1 aliphatic carbocycles. The lowest BCUT2D eigenvalue weighted by molar-refractivity contribution is -0.119. The van der Waals surface area contributed by atoms with Crippen molar-refractivity contribution in [2.75, 3.05) is 11.9 Å². The molecule has 0 unspecified atom stereocenters. The van der Waals surface area contributed by atoms with Gasteiger partial charge in [0.2, 0.25) is 5.91 Å². The zero-order valence-electron chi connectivity index (χ0n) is 10.4. The van der Waals surface area contributed by atoms with E-state index < -0.39 is 23.2 Å². The third kappa shape index (κ3) is 3.97. The van der Waals surface area contributed by atoms with Gasteiger partial charge in [-0.1, -0.05) is 18.9 Å². The molecule has 0 spiro atoms. The van der Waals surface area contributed by atoms with Crippen LogP contribution in [0.25, 0.3) is 0 Å². The highest BCUT2D eigenvalue weighted by atomic mass is 19.1. The molecule has 1 saturated carbocycles. The van der Waals surface area contributed by atoms with Gasteiger partial charge in [0.15, 0.2) is 0 Å². The van der Waals surface area contributed by atoms with E-state index in [1.54, 1.807) is 0 Å². The number of hydroxylamine groups is 1. The maximum atomic E-state index is 13.3. The minimum atomic E-state index is -0.801. The smallest absolute Gasteiger partial charge is 0.240 e. The van der Waals surface area contributed by atoms with Crippen LogP contribution in [0.3, 0.4) is 0 Å². The van der Waals surface area contributed by atoms with Gasteiger partial charge in [0, 0.05) is 0 Å². The summed E-state index contributed by atoms with van der Waals surface area (Å²) in [6.07, 6.45) is 4.31. The first-order valence-corrected chi connectivity index (χ1v) is 6.29. The van der Waals surface area contributed by atoms with Gasteiger partial charge < -0.3 is 5.32 Å². The van der Waals surface area contributed by atoms with Gasteiger partial charge >= 0.3 is 0 Å². The Morgan fingerprint density at radius 2 is 1.89 bits per heavy atom. The van der Waals surface area contributed by atoms with Gasteiger partial charge in [-0.2, -0.15) is 5.48 Å². The zero-order chi connectivity index (χ0) is 13.7. The maximum Gasteiger partial charge on any atom is 0.240 e. The van der Waals surface area contributed by atoms with E-state index in [4.69, 9.17) is 4.84 Å². The van der Waals surface area contributed by atoms with Crippen LogP contribution in [0, 0.1) is 11.6 Å². The molecular weight excluding hydrogens is 254 g/mol. The summed E-state index contributed by atoms with van der Waals surface area (Å²) < 4.78 is 26.5. The van der Waals surface area contributed by atoms with Crippen molar-refractivity contribution >= 4 is 11.6 Å². The van der Waals surface area contributed by atoms with Gasteiger partial charge in [0.1, 0.15) is 23.9 Å². The van der Waals surface area contributed by atoms with E-state index in [9.17, 15) is 13.6 Å². The largest absolute Gasteiger partial charge is 0.320 e. The summed E-state index contributed by atoms with van der Waals surface area (Å²) in [5.41, 5.74) is 2.09. The summed E-state index contributed by atoms with van der Waals surface area (Å²) in [4.78, 5) is 16.8. The molecule has 0 atom stereocenters. The minimum absolute atomic E-state index is 0.123. The highest BCUT2D eigenvalue weighted by molar-refractivity contribution is 5.92. The van der Waals surface area contributed by atoms with Gasteiger partial charge in [-0.25, -0.2) is 8.78 Å². The molecule has 4 nitrogen and oxygen atoms in total. The Balaban J connectivity index is 1.77. The molecule has 104 valence electrons. The van der Waals surface area contributed by atoms with E-state index in [1.807, 2.05) is 0 Å². The van der Waals surface area contributed by atoms with Gasteiger partial charge in [0.05, 0.1) is 6.10 Å².